The zero-order valence-corrected chi connectivity index (χ0v) is 15.8. The Morgan fingerprint density at radius 3 is 2.85 bits per heavy atom. The van der Waals surface area contributed by atoms with Crippen molar-refractivity contribution in [2.45, 2.75) is 38.3 Å². The Morgan fingerprint density at radius 1 is 1.31 bits per heavy atom. The largest absolute Gasteiger partial charge is 0.492 e. The van der Waals surface area contributed by atoms with Crippen molar-refractivity contribution in [3.05, 3.63) is 52.5 Å². The van der Waals surface area contributed by atoms with Gasteiger partial charge >= 0.3 is 0 Å². The predicted molar refractivity (Wildman–Crippen MR) is 102 cm³/mol. The first-order valence-electron chi connectivity index (χ1n) is 9.09. The Morgan fingerprint density at radius 2 is 2.12 bits per heavy atom. The van der Waals surface area contributed by atoms with Gasteiger partial charge < -0.3 is 15.0 Å². The SMILES string of the molecule is C[C@@H](c1cccs1)N1C(=O)CC[C@H]1CCNCCOc1ccc(F)cc1. The third-order valence-corrected chi connectivity index (χ3v) is 5.80. The molecule has 26 heavy (non-hydrogen) atoms. The summed E-state index contributed by atoms with van der Waals surface area (Å²) in [4.78, 5) is 15.6. The molecule has 1 aliphatic heterocycles. The lowest BCUT2D eigenvalue weighted by molar-refractivity contribution is -0.131. The van der Waals surface area contributed by atoms with Crippen LogP contribution < -0.4 is 10.1 Å². The van der Waals surface area contributed by atoms with Crippen LogP contribution >= 0.6 is 11.3 Å². The summed E-state index contributed by atoms with van der Waals surface area (Å²) in [5.74, 6) is 0.670. The van der Waals surface area contributed by atoms with Crippen LogP contribution in [0.5, 0.6) is 5.75 Å². The summed E-state index contributed by atoms with van der Waals surface area (Å²) in [6.45, 7) is 4.22. The smallest absolute Gasteiger partial charge is 0.223 e. The number of nitrogens with one attached hydrogen (secondary N) is 1. The number of amides is 1. The lowest BCUT2D eigenvalue weighted by atomic mass is 10.1. The first-order valence-corrected chi connectivity index (χ1v) is 9.97. The van der Waals surface area contributed by atoms with E-state index in [-0.39, 0.29) is 17.8 Å². The van der Waals surface area contributed by atoms with Gasteiger partial charge in [0.15, 0.2) is 0 Å². The number of ether oxygens (including phenoxy) is 1. The maximum absolute atomic E-state index is 12.8. The highest BCUT2D eigenvalue weighted by Gasteiger charge is 2.34. The van der Waals surface area contributed by atoms with Crippen LogP contribution in [-0.2, 0) is 4.79 Å². The minimum atomic E-state index is -0.261. The number of hydrogen-bond acceptors (Lipinski definition) is 4. The van der Waals surface area contributed by atoms with Gasteiger partial charge in [-0.15, -0.1) is 11.3 Å². The van der Waals surface area contributed by atoms with Gasteiger partial charge in [0.25, 0.3) is 0 Å². The Hall–Kier alpha value is -1.92. The molecule has 1 aromatic heterocycles. The van der Waals surface area contributed by atoms with E-state index in [9.17, 15) is 9.18 Å². The summed E-state index contributed by atoms with van der Waals surface area (Å²) >= 11 is 1.71. The fourth-order valence-electron chi connectivity index (χ4n) is 3.41. The third-order valence-electron chi connectivity index (χ3n) is 4.76. The van der Waals surface area contributed by atoms with Gasteiger partial charge in [-0.2, -0.15) is 0 Å². The van der Waals surface area contributed by atoms with Gasteiger partial charge in [-0.05, 0) is 62.0 Å². The van der Waals surface area contributed by atoms with Gasteiger partial charge in [-0.3, -0.25) is 4.79 Å². The molecule has 1 aromatic carbocycles. The fourth-order valence-corrected chi connectivity index (χ4v) is 4.19. The van der Waals surface area contributed by atoms with Crippen LogP contribution in [0.3, 0.4) is 0 Å². The van der Waals surface area contributed by atoms with Crippen LogP contribution in [0.2, 0.25) is 0 Å². The van der Waals surface area contributed by atoms with E-state index in [0.29, 0.717) is 24.8 Å². The summed E-state index contributed by atoms with van der Waals surface area (Å²) in [5.41, 5.74) is 0. The van der Waals surface area contributed by atoms with E-state index in [2.05, 4.69) is 28.6 Å². The van der Waals surface area contributed by atoms with Crippen LogP contribution in [0, 0.1) is 5.82 Å². The Kier molecular flexibility index (Phi) is 6.63. The molecule has 0 spiro atoms. The molecule has 140 valence electrons. The molecule has 0 bridgehead atoms. The van der Waals surface area contributed by atoms with E-state index < -0.39 is 0 Å². The second kappa shape index (κ2) is 9.14. The van der Waals surface area contributed by atoms with Gasteiger partial charge in [0.05, 0.1) is 6.04 Å². The molecular weight excluding hydrogens is 351 g/mol. The molecule has 1 fully saturated rings. The average molecular weight is 376 g/mol. The van der Waals surface area contributed by atoms with Crippen molar-refractivity contribution in [1.29, 1.82) is 0 Å². The van der Waals surface area contributed by atoms with Crippen LogP contribution in [-0.4, -0.2) is 36.5 Å². The van der Waals surface area contributed by atoms with E-state index in [4.69, 9.17) is 4.74 Å². The van der Waals surface area contributed by atoms with Crippen molar-refractivity contribution in [2.24, 2.45) is 0 Å². The lowest BCUT2D eigenvalue weighted by Crippen LogP contribution is -2.37. The quantitative estimate of drug-likeness (QED) is 0.673. The van der Waals surface area contributed by atoms with Gasteiger partial charge in [-0.1, -0.05) is 6.07 Å². The highest BCUT2D eigenvalue weighted by molar-refractivity contribution is 7.10. The number of hydrogen-bond donors (Lipinski definition) is 1. The van der Waals surface area contributed by atoms with E-state index in [0.717, 1.165) is 25.9 Å². The molecule has 2 atom stereocenters. The first-order chi connectivity index (χ1) is 12.6. The van der Waals surface area contributed by atoms with Crippen LogP contribution in [0.1, 0.15) is 37.1 Å². The molecule has 0 unspecified atom stereocenters. The highest BCUT2D eigenvalue weighted by Crippen LogP contribution is 2.33. The summed E-state index contributed by atoms with van der Waals surface area (Å²) in [6, 6.07) is 10.6. The first kappa shape index (κ1) is 18.9. The van der Waals surface area contributed by atoms with E-state index >= 15 is 0 Å². The average Bonchev–Trinajstić information content (AvgIpc) is 3.29. The Balaban J connectivity index is 1.38. The Labute approximate surface area is 158 Å². The van der Waals surface area contributed by atoms with Crippen LogP contribution in [0.15, 0.2) is 41.8 Å². The maximum Gasteiger partial charge on any atom is 0.223 e. The minimum absolute atomic E-state index is 0.150. The standard InChI is InChI=1S/C20H25FN2O2S/c1-15(19-3-2-14-26-19)23-17(6-9-20(23)24)10-11-22-12-13-25-18-7-4-16(21)5-8-18/h2-5,7-8,14-15,17,22H,6,9-13H2,1H3/t15-,17-/m0/s1. The van der Waals surface area contributed by atoms with Crippen molar-refractivity contribution in [3.8, 4) is 5.75 Å². The second-order valence-corrected chi connectivity index (χ2v) is 7.51. The molecule has 0 radical (unpaired) electrons. The number of nitrogens with zero attached hydrogens (tertiary/aromatic N) is 1. The molecular formula is C20H25FN2O2S. The molecule has 6 heteroatoms. The molecule has 1 N–H and O–H groups in total. The van der Waals surface area contributed by atoms with E-state index in [1.807, 2.05) is 6.07 Å². The molecule has 1 aliphatic rings. The number of benzene rings is 1. The molecule has 1 amide bonds. The van der Waals surface area contributed by atoms with E-state index in [1.165, 1.54) is 17.0 Å². The van der Waals surface area contributed by atoms with E-state index in [1.54, 1.807) is 23.5 Å². The number of halogens is 1. The zero-order chi connectivity index (χ0) is 18.4. The molecule has 4 nitrogen and oxygen atoms in total. The molecule has 1 saturated heterocycles. The highest BCUT2D eigenvalue weighted by atomic mass is 32.1. The fraction of sp³-hybridized carbons (Fsp3) is 0.450. The molecule has 3 rings (SSSR count). The van der Waals surface area contributed by atoms with Crippen molar-refractivity contribution in [1.82, 2.24) is 10.2 Å². The van der Waals surface area contributed by atoms with Crippen molar-refractivity contribution < 1.29 is 13.9 Å². The number of rotatable bonds is 9. The van der Waals surface area contributed by atoms with Gasteiger partial charge in [0.1, 0.15) is 18.2 Å². The predicted octanol–water partition coefficient (Wildman–Crippen LogP) is 4.00. The Bertz CT molecular complexity index is 690. The minimum Gasteiger partial charge on any atom is -0.492 e. The normalized spacial score (nSPS) is 18.3. The van der Waals surface area contributed by atoms with Gasteiger partial charge in [0, 0.05) is 23.9 Å². The maximum atomic E-state index is 12.8. The monoisotopic (exact) mass is 376 g/mol. The summed E-state index contributed by atoms with van der Waals surface area (Å²) in [6.07, 6.45) is 2.52. The van der Waals surface area contributed by atoms with Crippen LogP contribution in [0.25, 0.3) is 0 Å². The summed E-state index contributed by atoms with van der Waals surface area (Å²) in [5, 5.41) is 5.43. The lowest BCUT2D eigenvalue weighted by Gasteiger charge is -2.30. The summed E-state index contributed by atoms with van der Waals surface area (Å²) < 4.78 is 18.4. The van der Waals surface area contributed by atoms with Crippen molar-refractivity contribution in [3.63, 3.8) is 0 Å². The topological polar surface area (TPSA) is 41.6 Å². The number of thiophene rings is 1. The molecule has 0 aliphatic carbocycles. The van der Waals surface area contributed by atoms with Gasteiger partial charge in [0.2, 0.25) is 5.91 Å². The van der Waals surface area contributed by atoms with Gasteiger partial charge in [-0.25, -0.2) is 4.39 Å². The number of likely N-dealkylation sites (tertiary alicyclic amines) is 1. The van der Waals surface area contributed by atoms with Crippen LogP contribution in [0.4, 0.5) is 4.39 Å². The second-order valence-electron chi connectivity index (χ2n) is 6.53. The van der Waals surface area contributed by atoms with Crippen molar-refractivity contribution >= 4 is 17.2 Å². The molecule has 2 aromatic rings. The summed E-state index contributed by atoms with van der Waals surface area (Å²) in [7, 11) is 0. The zero-order valence-electron chi connectivity index (χ0n) is 15.0. The number of carbonyl (C=O) groups is 1. The molecule has 2 heterocycles. The third kappa shape index (κ3) is 4.83. The number of carbonyl (C=O) groups excluding carboxylic acids is 1. The molecule has 0 saturated carbocycles. The van der Waals surface area contributed by atoms with Crippen molar-refractivity contribution in [2.75, 3.05) is 19.7 Å².